The molecule has 0 radical (unpaired) electrons. The van der Waals surface area contributed by atoms with E-state index in [1.807, 2.05) is 36.4 Å². The molecular formula is C14H17N3O3. The third-order valence-corrected chi connectivity index (χ3v) is 2.69. The Kier molecular flexibility index (Phi) is 6.04. The van der Waals surface area contributed by atoms with Gasteiger partial charge in [-0.15, -0.1) is 0 Å². The molecule has 1 aromatic rings. The Balaban J connectivity index is 2.85. The minimum atomic E-state index is -1.10. The quantitative estimate of drug-likeness (QED) is 0.774. The van der Waals surface area contributed by atoms with Crippen molar-refractivity contribution in [2.75, 3.05) is 18.0 Å². The highest BCUT2D eigenvalue weighted by Crippen LogP contribution is 2.14. The van der Waals surface area contributed by atoms with E-state index in [2.05, 4.69) is 5.32 Å². The van der Waals surface area contributed by atoms with Gasteiger partial charge in [-0.1, -0.05) is 18.2 Å². The summed E-state index contributed by atoms with van der Waals surface area (Å²) in [6.45, 7) is 1.79. The molecule has 2 N–H and O–H groups in total. The third kappa shape index (κ3) is 4.98. The zero-order valence-electron chi connectivity index (χ0n) is 11.2. The summed E-state index contributed by atoms with van der Waals surface area (Å²) in [6.07, 6.45) is 0.279. The molecule has 1 amide bonds. The third-order valence-electron chi connectivity index (χ3n) is 2.69. The topological polar surface area (TPSA) is 93.4 Å². The standard InChI is InChI=1S/C14H17N3O3/c1-11(18)16-13(14(19)20)10-17(9-5-8-15)12-6-3-2-4-7-12/h2-4,6-7,13H,5,9-10H2,1H3,(H,16,18)(H,19,20). The van der Waals surface area contributed by atoms with Crippen molar-refractivity contribution in [3.05, 3.63) is 30.3 Å². The number of nitrogens with one attached hydrogen (secondary N) is 1. The van der Waals surface area contributed by atoms with Crippen molar-refractivity contribution < 1.29 is 14.7 Å². The number of nitriles is 1. The molecule has 0 aromatic heterocycles. The normalized spacial score (nSPS) is 11.2. The van der Waals surface area contributed by atoms with Gasteiger partial charge in [0, 0.05) is 25.7 Å². The molecule has 6 nitrogen and oxygen atoms in total. The monoisotopic (exact) mass is 275 g/mol. The van der Waals surface area contributed by atoms with Gasteiger partial charge in [0.1, 0.15) is 6.04 Å². The van der Waals surface area contributed by atoms with Crippen molar-refractivity contribution in [2.45, 2.75) is 19.4 Å². The largest absolute Gasteiger partial charge is 0.480 e. The summed E-state index contributed by atoms with van der Waals surface area (Å²) in [4.78, 5) is 24.0. The molecule has 6 heteroatoms. The van der Waals surface area contributed by atoms with Crippen LogP contribution in [-0.4, -0.2) is 36.1 Å². The molecule has 1 aromatic carbocycles. The van der Waals surface area contributed by atoms with Crippen LogP contribution in [0.4, 0.5) is 5.69 Å². The number of carbonyl (C=O) groups is 2. The number of rotatable bonds is 7. The highest BCUT2D eigenvalue weighted by molar-refractivity contribution is 5.82. The van der Waals surface area contributed by atoms with Gasteiger partial charge in [0.05, 0.1) is 12.5 Å². The van der Waals surface area contributed by atoms with Crippen LogP contribution >= 0.6 is 0 Å². The molecule has 0 saturated carbocycles. The first kappa shape index (κ1) is 15.5. The Hall–Kier alpha value is -2.55. The van der Waals surface area contributed by atoms with E-state index < -0.39 is 17.9 Å². The van der Waals surface area contributed by atoms with Crippen LogP contribution in [0.5, 0.6) is 0 Å². The SMILES string of the molecule is CC(=O)NC(CN(CCC#N)c1ccccc1)C(=O)O. The zero-order chi connectivity index (χ0) is 15.0. The lowest BCUT2D eigenvalue weighted by molar-refractivity contribution is -0.141. The average molecular weight is 275 g/mol. The molecule has 1 unspecified atom stereocenters. The number of aliphatic carboxylic acids is 1. The van der Waals surface area contributed by atoms with Gasteiger partial charge in [0.2, 0.25) is 5.91 Å². The minimum absolute atomic E-state index is 0.112. The lowest BCUT2D eigenvalue weighted by Gasteiger charge is -2.27. The molecule has 1 rings (SSSR count). The Morgan fingerprint density at radius 2 is 2.05 bits per heavy atom. The first-order chi connectivity index (χ1) is 9.54. The van der Waals surface area contributed by atoms with Gasteiger partial charge >= 0.3 is 5.97 Å². The van der Waals surface area contributed by atoms with E-state index >= 15 is 0 Å². The van der Waals surface area contributed by atoms with Crippen molar-refractivity contribution in [2.24, 2.45) is 0 Å². The second-order valence-corrected chi connectivity index (χ2v) is 4.28. The number of carboxylic acids is 1. The molecule has 0 bridgehead atoms. The van der Waals surface area contributed by atoms with Crippen molar-refractivity contribution >= 4 is 17.6 Å². The first-order valence-corrected chi connectivity index (χ1v) is 6.21. The van der Waals surface area contributed by atoms with Gasteiger partial charge in [0.15, 0.2) is 0 Å². The lowest BCUT2D eigenvalue weighted by atomic mass is 10.2. The Morgan fingerprint density at radius 1 is 1.40 bits per heavy atom. The van der Waals surface area contributed by atoms with Crippen molar-refractivity contribution in [1.29, 1.82) is 5.26 Å². The minimum Gasteiger partial charge on any atom is -0.480 e. The van der Waals surface area contributed by atoms with E-state index in [9.17, 15) is 9.59 Å². The van der Waals surface area contributed by atoms with Gasteiger partial charge in [0.25, 0.3) is 0 Å². The molecule has 0 saturated heterocycles. The fraction of sp³-hybridized carbons (Fsp3) is 0.357. The molecule has 1 atom stereocenters. The fourth-order valence-corrected chi connectivity index (χ4v) is 1.80. The summed E-state index contributed by atoms with van der Waals surface area (Å²) in [6, 6.07) is 10.2. The average Bonchev–Trinajstić information content (AvgIpc) is 2.42. The molecule has 0 heterocycles. The summed E-state index contributed by atoms with van der Waals surface area (Å²) >= 11 is 0. The van der Waals surface area contributed by atoms with E-state index in [1.165, 1.54) is 6.92 Å². The van der Waals surface area contributed by atoms with E-state index in [0.717, 1.165) is 5.69 Å². The van der Waals surface area contributed by atoms with E-state index in [4.69, 9.17) is 10.4 Å². The highest BCUT2D eigenvalue weighted by atomic mass is 16.4. The number of para-hydroxylation sites is 1. The number of hydrogen-bond acceptors (Lipinski definition) is 4. The zero-order valence-corrected chi connectivity index (χ0v) is 11.2. The second kappa shape index (κ2) is 7.79. The Morgan fingerprint density at radius 3 is 2.55 bits per heavy atom. The van der Waals surface area contributed by atoms with Crippen LogP contribution in [0.15, 0.2) is 30.3 Å². The Labute approximate surface area is 117 Å². The van der Waals surface area contributed by atoms with Crippen LogP contribution in [0.2, 0.25) is 0 Å². The summed E-state index contributed by atoms with van der Waals surface area (Å²) in [5.41, 5.74) is 0.819. The van der Waals surface area contributed by atoms with Gasteiger partial charge in [-0.2, -0.15) is 5.26 Å². The van der Waals surface area contributed by atoms with Crippen LogP contribution in [0.25, 0.3) is 0 Å². The van der Waals surface area contributed by atoms with Crippen molar-refractivity contribution in [3.8, 4) is 6.07 Å². The van der Waals surface area contributed by atoms with Crippen LogP contribution in [0, 0.1) is 11.3 Å². The molecule has 0 aliphatic carbocycles. The van der Waals surface area contributed by atoms with Gasteiger partial charge in [-0.25, -0.2) is 4.79 Å². The number of benzene rings is 1. The van der Waals surface area contributed by atoms with Gasteiger partial charge < -0.3 is 15.3 Å². The summed E-state index contributed by atoms with van der Waals surface area (Å²) in [7, 11) is 0. The highest BCUT2D eigenvalue weighted by Gasteiger charge is 2.22. The molecule has 0 fully saturated rings. The summed E-state index contributed by atoms with van der Waals surface area (Å²) in [5.74, 6) is -1.50. The van der Waals surface area contributed by atoms with E-state index in [1.54, 1.807) is 4.90 Å². The number of amides is 1. The number of nitrogens with zero attached hydrogens (tertiary/aromatic N) is 2. The molecule has 0 spiro atoms. The molecule has 0 aliphatic rings. The number of carboxylic acid groups (broad SMARTS) is 1. The first-order valence-electron chi connectivity index (χ1n) is 6.21. The maximum absolute atomic E-state index is 11.2. The van der Waals surface area contributed by atoms with Crippen LogP contribution in [0.3, 0.4) is 0 Å². The second-order valence-electron chi connectivity index (χ2n) is 4.28. The number of anilines is 1. The predicted octanol–water partition coefficient (Wildman–Crippen LogP) is 0.996. The summed E-state index contributed by atoms with van der Waals surface area (Å²) < 4.78 is 0. The van der Waals surface area contributed by atoms with E-state index in [-0.39, 0.29) is 13.0 Å². The summed E-state index contributed by atoms with van der Waals surface area (Å²) in [5, 5.41) is 20.2. The molecule has 106 valence electrons. The lowest BCUT2D eigenvalue weighted by Crippen LogP contribution is -2.48. The smallest absolute Gasteiger partial charge is 0.328 e. The maximum Gasteiger partial charge on any atom is 0.328 e. The fourth-order valence-electron chi connectivity index (χ4n) is 1.80. The van der Waals surface area contributed by atoms with Crippen molar-refractivity contribution in [3.63, 3.8) is 0 Å². The van der Waals surface area contributed by atoms with Gasteiger partial charge in [-0.05, 0) is 12.1 Å². The Bertz CT molecular complexity index is 496. The van der Waals surface area contributed by atoms with E-state index in [0.29, 0.717) is 6.54 Å². The molecular weight excluding hydrogens is 258 g/mol. The molecule has 20 heavy (non-hydrogen) atoms. The van der Waals surface area contributed by atoms with Gasteiger partial charge in [-0.3, -0.25) is 4.79 Å². The van der Waals surface area contributed by atoms with Crippen LogP contribution in [0.1, 0.15) is 13.3 Å². The molecule has 0 aliphatic heterocycles. The van der Waals surface area contributed by atoms with Crippen LogP contribution < -0.4 is 10.2 Å². The number of hydrogen-bond donors (Lipinski definition) is 2. The maximum atomic E-state index is 11.2. The van der Waals surface area contributed by atoms with Crippen molar-refractivity contribution in [1.82, 2.24) is 5.32 Å². The predicted molar refractivity (Wildman–Crippen MR) is 74.1 cm³/mol. The number of carbonyl (C=O) groups excluding carboxylic acids is 1. The van der Waals surface area contributed by atoms with Crippen LogP contribution in [-0.2, 0) is 9.59 Å².